The van der Waals surface area contributed by atoms with Gasteiger partial charge in [0.05, 0.1) is 18.4 Å². The number of methoxy groups -OCH3 is 1. The molecule has 0 unspecified atom stereocenters. The highest BCUT2D eigenvalue weighted by atomic mass is 35.5. The van der Waals surface area contributed by atoms with E-state index in [1.165, 1.54) is 6.07 Å². The molecule has 0 saturated carbocycles. The van der Waals surface area contributed by atoms with E-state index in [0.717, 1.165) is 62.5 Å². The van der Waals surface area contributed by atoms with Crippen LogP contribution in [0, 0.1) is 12.7 Å². The summed E-state index contributed by atoms with van der Waals surface area (Å²) in [6.07, 6.45) is 3.00. The maximum atomic E-state index is 14.6. The molecule has 2 heterocycles. The summed E-state index contributed by atoms with van der Waals surface area (Å²) in [5, 5.41) is 10.7. The molecule has 1 fully saturated rings. The van der Waals surface area contributed by atoms with Gasteiger partial charge in [0, 0.05) is 62.4 Å². The molecule has 1 aromatic heterocycles. The second-order valence-electron chi connectivity index (χ2n) is 8.41. The Bertz CT molecular complexity index is 870. The lowest BCUT2D eigenvalue weighted by Gasteiger charge is -2.37. The molecule has 0 aliphatic carbocycles. The van der Waals surface area contributed by atoms with E-state index in [9.17, 15) is 9.50 Å². The summed E-state index contributed by atoms with van der Waals surface area (Å²) in [5.41, 5.74) is 2.05. The summed E-state index contributed by atoms with van der Waals surface area (Å²) in [4.78, 5) is 13.9. The Balaban J connectivity index is 1.82. The quantitative estimate of drug-likeness (QED) is 0.573. The minimum absolute atomic E-state index is 0.283. The summed E-state index contributed by atoms with van der Waals surface area (Å²) >= 11 is 6.33. The molecule has 1 saturated heterocycles. The number of hydrogen-bond donors (Lipinski definition) is 1. The first-order valence-corrected chi connectivity index (χ1v) is 11.7. The summed E-state index contributed by atoms with van der Waals surface area (Å²) in [5.74, 6) is 1.14. The molecule has 0 spiro atoms. The molecule has 3 rings (SSSR count). The maximum absolute atomic E-state index is 14.6. The number of aromatic nitrogens is 2. The molecular weight excluding hydrogens is 431 g/mol. The van der Waals surface area contributed by atoms with Crippen LogP contribution in [0.5, 0.6) is 0 Å². The van der Waals surface area contributed by atoms with Gasteiger partial charge in [-0.2, -0.15) is 0 Å². The first-order chi connectivity index (χ1) is 15.4. The molecule has 1 atom stereocenters. The normalized spacial score (nSPS) is 15.9. The predicted molar refractivity (Wildman–Crippen MR) is 126 cm³/mol. The molecule has 8 heteroatoms. The second-order valence-corrected chi connectivity index (χ2v) is 8.82. The van der Waals surface area contributed by atoms with E-state index >= 15 is 0 Å². The number of nitrogens with zero attached hydrogens (tertiary/aromatic N) is 4. The number of β-amino-alcohol motifs (C(OH)–C–C–N with tert-alkyl or cyclic N) is 1. The highest BCUT2D eigenvalue weighted by Gasteiger charge is 2.25. The molecule has 1 N–H and O–H groups in total. The fourth-order valence-corrected chi connectivity index (χ4v) is 4.42. The van der Waals surface area contributed by atoms with E-state index in [1.807, 2.05) is 6.92 Å². The number of ether oxygens (including phenoxy) is 1. The average Bonchev–Trinajstić information content (AvgIpc) is 2.76. The first-order valence-electron chi connectivity index (χ1n) is 11.4. The number of halogens is 2. The van der Waals surface area contributed by atoms with Crippen LogP contribution in [0.1, 0.15) is 48.8 Å². The molecule has 0 amide bonds. The van der Waals surface area contributed by atoms with Crippen molar-refractivity contribution in [3.63, 3.8) is 0 Å². The van der Waals surface area contributed by atoms with Gasteiger partial charge in [-0.15, -0.1) is 0 Å². The van der Waals surface area contributed by atoms with Gasteiger partial charge in [-0.05, 0) is 25.5 Å². The fourth-order valence-electron chi connectivity index (χ4n) is 4.19. The van der Waals surface area contributed by atoms with E-state index in [0.29, 0.717) is 36.0 Å². The van der Waals surface area contributed by atoms with Crippen molar-refractivity contribution in [3.05, 3.63) is 51.7 Å². The minimum atomic E-state index is -0.335. The Morgan fingerprint density at radius 1 is 1.19 bits per heavy atom. The number of aliphatic hydroxyl groups excluding tert-OH is 1. The average molecular weight is 465 g/mol. The SMILES string of the molecule is CCCC[C@@H](O)CN1CCN(c2nc(C)nc(COC)c2Cc2c(F)cccc2Cl)CC1. The van der Waals surface area contributed by atoms with Crippen LogP contribution in [0.3, 0.4) is 0 Å². The zero-order valence-electron chi connectivity index (χ0n) is 19.3. The van der Waals surface area contributed by atoms with Gasteiger partial charge in [0.2, 0.25) is 0 Å². The van der Waals surface area contributed by atoms with Crippen LogP contribution in [-0.4, -0.2) is 65.9 Å². The number of unbranched alkanes of at least 4 members (excludes halogenated alkanes) is 1. The molecular formula is C24H34ClFN4O2. The summed E-state index contributed by atoms with van der Waals surface area (Å²) in [7, 11) is 1.62. The number of anilines is 1. The third-order valence-corrected chi connectivity index (χ3v) is 6.26. The Morgan fingerprint density at radius 2 is 1.94 bits per heavy atom. The van der Waals surface area contributed by atoms with Crippen molar-refractivity contribution in [1.82, 2.24) is 14.9 Å². The molecule has 0 bridgehead atoms. The number of aliphatic hydroxyl groups is 1. The number of rotatable bonds is 10. The van der Waals surface area contributed by atoms with E-state index < -0.39 is 0 Å². The van der Waals surface area contributed by atoms with E-state index in [4.69, 9.17) is 21.3 Å². The Morgan fingerprint density at radius 3 is 2.59 bits per heavy atom. The number of aryl methyl sites for hydroxylation is 1. The van der Waals surface area contributed by atoms with Crippen LogP contribution < -0.4 is 4.90 Å². The standard InChI is InChI=1S/C24H34ClFN4O2/c1-4-5-7-18(31)15-29-10-12-30(13-11-29)24-20(23(16-32-3)27-17(2)28-24)14-19-21(25)8-6-9-22(19)26/h6,8-9,18,31H,4-5,7,10-16H2,1-3H3/t18-/m1/s1. The third kappa shape index (κ3) is 6.38. The monoisotopic (exact) mass is 464 g/mol. The summed E-state index contributed by atoms with van der Waals surface area (Å²) in [6, 6.07) is 4.74. The molecule has 6 nitrogen and oxygen atoms in total. The summed E-state index contributed by atoms with van der Waals surface area (Å²) in [6.45, 7) is 8.26. The van der Waals surface area contributed by atoms with Gasteiger partial charge in [-0.3, -0.25) is 4.90 Å². The van der Waals surface area contributed by atoms with E-state index in [-0.39, 0.29) is 11.9 Å². The molecule has 1 aromatic carbocycles. The van der Waals surface area contributed by atoms with Gasteiger partial charge < -0.3 is 14.7 Å². The highest BCUT2D eigenvalue weighted by Crippen LogP contribution is 2.29. The summed E-state index contributed by atoms with van der Waals surface area (Å²) < 4.78 is 20.0. The van der Waals surface area contributed by atoms with Gasteiger partial charge in [0.25, 0.3) is 0 Å². The van der Waals surface area contributed by atoms with Gasteiger partial charge in [0.1, 0.15) is 17.5 Å². The van der Waals surface area contributed by atoms with Crippen molar-refractivity contribution in [2.75, 3.05) is 44.7 Å². The first kappa shape index (κ1) is 24.8. The van der Waals surface area contributed by atoms with Crippen LogP contribution in [-0.2, 0) is 17.8 Å². The lowest BCUT2D eigenvalue weighted by molar-refractivity contribution is 0.100. The Labute approximate surface area is 195 Å². The Hall–Kier alpha value is -1.80. The van der Waals surface area contributed by atoms with Crippen molar-refractivity contribution in [3.8, 4) is 0 Å². The van der Waals surface area contributed by atoms with Gasteiger partial charge in [0.15, 0.2) is 0 Å². The minimum Gasteiger partial charge on any atom is -0.392 e. The largest absolute Gasteiger partial charge is 0.392 e. The fraction of sp³-hybridized carbons (Fsp3) is 0.583. The number of hydrogen-bond acceptors (Lipinski definition) is 6. The zero-order chi connectivity index (χ0) is 23.1. The van der Waals surface area contributed by atoms with Crippen molar-refractivity contribution in [1.29, 1.82) is 0 Å². The Kier molecular flexibility index (Phi) is 9.22. The van der Waals surface area contributed by atoms with Crippen molar-refractivity contribution in [2.24, 2.45) is 0 Å². The smallest absolute Gasteiger partial charge is 0.136 e. The molecule has 0 radical (unpaired) electrons. The van der Waals surface area contributed by atoms with Crippen LogP contribution in [0.4, 0.5) is 10.2 Å². The second kappa shape index (κ2) is 11.9. The molecule has 1 aliphatic heterocycles. The maximum Gasteiger partial charge on any atom is 0.136 e. The zero-order valence-corrected chi connectivity index (χ0v) is 20.0. The lowest BCUT2D eigenvalue weighted by atomic mass is 10.0. The van der Waals surface area contributed by atoms with Crippen LogP contribution in [0.25, 0.3) is 0 Å². The molecule has 176 valence electrons. The highest BCUT2D eigenvalue weighted by molar-refractivity contribution is 6.31. The third-order valence-electron chi connectivity index (χ3n) is 5.91. The van der Waals surface area contributed by atoms with Gasteiger partial charge in [-0.1, -0.05) is 37.4 Å². The molecule has 32 heavy (non-hydrogen) atoms. The van der Waals surface area contributed by atoms with Crippen LogP contribution in [0.15, 0.2) is 18.2 Å². The van der Waals surface area contributed by atoms with E-state index in [2.05, 4.69) is 21.7 Å². The number of benzene rings is 1. The van der Waals surface area contributed by atoms with E-state index in [1.54, 1.807) is 19.2 Å². The molecule has 1 aliphatic rings. The van der Waals surface area contributed by atoms with Crippen LogP contribution >= 0.6 is 11.6 Å². The van der Waals surface area contributed by atoms with Gasteiger partial charge in [-0.25, -0.2) is 14.4 Å². The lowest BCUT2D eigenvalue weighted by Crippen LogP contribution is -2.49. The van der Waals surface area contributed by atoms with Crippen molar-refractivity contribution in [2.45, 2.75) is 52.2 Å². The topological polar surface area (TPSA) is 61.7 Å². The van der Waals surface area contributed by atoms with Crippen LogP contribution in [0.2, 0.25) is 5.02 Å². The number of piperazine rings is 1. The van der Waals surface area contributed by atoms with Crippen molar-refractivity contribution >= 4 is 17.4 Å². The molecule has 2 aromatic rings. The van der Waals surface area contributed by atoms with Crippen molar-refractivity contribution < 1.29 is 14.2 Å². The van der Waals surface area contributed by atoms with Gasteiger partial charge >= 0.3 is 0 Å². The predicted octanol–water partition coefficient (Wildman–Crippen LogP) is 3.99.